The average Bonchev–Trinajstić information content (AvgIpc) is 3.18. The summed E-state index contributed by atoms with van der Waals surface area (Å²) in [6.45, 7) is 1.40. The maximum atomic E-state index is 14.1. The third kappa shape index (κ3) is 3.58. The van der Waals surface area contributed by atoms with Gasteiger partial charge < -0.3 is 16.2 Å². The summed E-state index contributed by atoms with van der Waals surface area (Å²) in [7, 11) is 0. The van der Waals surface area contributed by atoms with E-state index in [-0.39, 0.29) is 28.5 Å². The second-order valence-corrected chi connectivity index (χ2v) is 6.87. The molecule has 0 aliphatic carbocycles. The van der Waals surface area contributed by atoms with Crippen molar-refractivity contribution in [3.8, 4) is 0 Å². The van der Waals surface area contributed by atoms with Gasteiger partial charge in [0.2, 0.25) is 5.95 Å². The van der Waals surface area contributed by atoms with E-state index >= 15 is 0 Å². The highest BCUT2D eigenvalue weighted by Crippen LogP contribution is 2.35. The van der Waals surface area contributed by atoms with Gasteiger partial charge in [-0.15, -0.1) is 0 Å². The molecule has 10 heteroatoms. The molecule has 4 rings (SSSR count). The van der Waals surface area contributed by atoms with Crippen LogP contribution in [0.2, 0.25) is 5.02 Å². The van der Waals surface area contributed by atoms with Crippen molar-refractivity contribution >= 4 is 40.4 Å². The molecule has 1 fully saturated rings. The fourth-order valence-corrected chi connectivity index (χ4v) is 3.22. The van der Waals surface area contributed by atoms with Gasteiger partial charge in [-0.05, 0) is 31.0 Å². The minimum atomic E-state index is -0.551. The first-order valence-electron chi connectivity index (χ1n) is 8.78. The van der Waals surface area contributed by atoms with Crippen molar-refractivity contribution < 1.29 is 9.13 Å². The van der Waals surface area contributed by atoms with E-state index in [9.17, 15) is 4.39 Å². The smallest absolute Gasteiger partial charge is 0.236 e. The van der Waals surface area contributed by atoms with Crippen molar-refractivity contribution in [3.63, 3.8) is 0 Å². The van der Waals surface area contributed by atoms with E-state index in [1.54, 1.807) is 17.2 Å². The van der Waals surface area contributed by atoms with Crippen molar-refractivity contribution in [1.82, 2.24) is 19.7 Å². The van der Waals surface area contributed by atoms with Crippen LogP contribution in [0.5, 0.6) is 0 Å². The monoisotopic (exact) mass is 403 g/mol. The molecule has 4 N–H and O–H groups in total. The van der Waals surface area contributed by atoms with Gasteiger partial charge in [0.05, 0.1) is 40.5 Å². The molecule has 8 nitrogen and oxygen atoms in total. The quantitative estimate of drug-likeness (QED) is 0.686. The molecule has 1 saturated heterocycles. The van der Waals surface area contributed by atoms with Crippen LogP contribution in [-0.4, -0.2) is 33.0 Å². The van der Waals surface area contributed by atoms with E-state index in [0.29, 0.717) is 24.6 Å². The van der Waals surface area contributed by atoms with Crippen LogP contribution in [0, 0.1) is 5.82 Å². The van der Waals surface area contributed by atoms with E-state index in [0.717, 1.165) is 12.8 Å². The van der Waals surface area contributed by atoms with E-state index in [2.05, 4.69) is 15.1 Å². The molecule has 1 aliphatic rings. The molecular formula is C18H19ClFN7O. The Bertz CT molecular complexity index is 938. The highest BCUT2D eigenvalue weighted by Gasteiger charge is 2.22. The van der Waals surface area contributed by atoms with Crippen LogP contribution in [0.4, 0.5) is 33.2 Å². The number of benzene rings is 1. The van der Waals surface area contributed by atoms with Crippen molar-refractivity contribution in [1.29, 1.82) is 0 Å². The molecule has 1 aromatic carbocycles. The Kier molecular flexibility index (Phi) is 5.01. The fourth-order valence-electron chi connectivity index (χ4n) is 3.10. The van der Waals surface area contributed by atoms with Crippen molar-refractivity contribution in [2.75, 3.05) is 29.6 Å². The maximum Gasteiger partial charge on any atom is 0.236 e. The van der Waals surface area contributed by atoms with Crippen LogP contribution in [-0.2, 0) is 4.74 Å². The Balaban J connectivity index is 1.77. The largest absolute Gasteiger partial charge is 0.394 e. The summed E-state index contributed by atoms with van der Waals surface area (Å²) in [6.07, 6.45) is 6.72. The first kappa shape index (κ1) is 18.5. The molecule has 0 radical (unpaired) electrons. The minimum Gasteiger partial charge on any atom is -0.394 e. The molecule has 3 aromatic rings. The SMILES string of the molecule is Nc1cnc(N(c2ccc(Cl)c(F)c2)c2cnn(C3CCOCC3)c2)nc1N. The lowest BCUT2D eigenvalue weighted by Crippen LogP contribution is -2.20. The zero-order chi connectivity index (χ0) is 19.7. The Morgan fingerprint density at radius 3 is 2.68 bits per heavy atom. The van der Waals surface area contributed by atoms with Crippen molar-refractivity contribution in [2.45, 2.75) is 18.9 Å². The first-order chi connectivity index (χ1) is 13.5. The summed E-state index contributed by atoms with van der Waals surface area (Å²) in [6, 6.07) is 4.70. The summed E-state index contributed by atoms with van der Waals surface area (Å²) in [5.74, 6) is -0.161. The molecule has 2 aromatic heterocycles. The Hall–Kier alpha value is -2.91. The maximum absolute atomic E-state index is 14.1. The molecule has 3 heterocycles. The van der Waals surface area contributed by atoms with Crippen LogP contribution >= 0.6 is 11.6 Å². The van der Waals surface area contributed by atoms with Crippen LogP contribution < -0.4 is 16.4 Å². The van der Waals surface area contributed by atoms with Gasteiger partial charge in [-0.25, -0.2) is 9.37 Å². The van der Waals surface area contributed by atoms with Crippen LogP contribution in [0.1, 0.15) is 18.9 Å². The third-order valence-corrected chi connectivity index (χ3v) is 4.91. The summed E-state index contributed by atoms with van der Waals surface area (Å²) in [4.78, 5) is 10.2. The summed E-state index contributed by atoms with van der Waals surface area (Å²) in [5.41, 5.74) is 13.0. The van der Waals surface area contributed by atoms with Gasteiger partial charge in [-0.1, -0.05) is 11.6 Å². The second-order valence-electron chi connectivity index (χ2n) is 6.47. The molecule has 0 amide bonds. The normalized spacial score (nSPS) is 14.9. The second kappa shape index (κ2) is 7.61. The lowest BCUT2D eigenvalue weighted by atomic mass is 10.1. The van der Waals surface area contributed by atoms with Crippen molar-refractivity contribution in [3.05, 3.63) is 47.6 Å². The van der Waals surface area contributed by atoms with Gasteiger partial charge in [0.25, 0.3) is 0 Å². The zero-order valence-corrected chi connectivity index (χ0v) is 15.7. The Labute approximate surface area is 165 Å². The number of hydrogen-bond donors (Lipinski definition) is 2. The number of nitrogens with zero attached hydrogens (tertiary/aromatic N) is 5. The Morgan fingerprint density at radius 1 is 1.18 bits per heavy atom. The van der Waals surface area contributed by atoms with E-state index in [1.165, 1.54) is 18.3 Å². The number of halogens is 2. The molecule has 146 valence electrons. The number of nitrogen functional groups attached to an aromatic ring is 2. The van der Waals surface area contributed by atoms with E-state index < -0.39 is 5.82 Å². The molecule has 0 bridgehead atoms. The lowest BCUT2D eigenvalue weighted by Gasteiger charge is -2.23. The van der Waals surface area contributed by atoms with Gasteiger partial charge in [0.1, 0.15) is 5.82 Å². The van der Waals surface area contributed by atoms with Gasteiger partial charge in [-0.3, -0.25) is 9.58 Å². The third-order valence-electron chi connectivity index (χ3n) is 4.61. The van der Waals surface area contributed by atoms with E-state index in [1.807, 2.05) is 10.9 Å². The predicted molar refractivity (Wildman–Crippen MR) is 105 cm³/mol. The van der Waals surface area contributed by atoms with Crippen LogP contribution in [0.25, 0.3) is 0 Å². The van der Waals surface area contributed by atoms with Crippen LogP contribution in [0.15, 0.2) is 36.8 Å². The van der Waals surface area contributed by atoms with Gasteiger partial charge in [0, 0.05) is 19.4 Å². The Morgan fingerprint density at radius 2 is 1.96 bits per heavy atom. The predicted octanol–water partition coefficient (Wildman–Crippen LogP) is 3.45. The first-order valence-corrected chi connectivity index (χ1v) is 9.16. The topological polar surface area (TPSA) is 108 Å². The number of aromatic nitrogens is 4. The average molecular weight is 404 g/mol. The number of rotatable bonds is 4. The van der Waals surface area contributed by atoms with Gasteiger partial charge >= 0.3 is 0 Å². The summed E-state index contributed by atoms with van der Waals surface area (Å²) >= 11 is 5.84. The molecular weight excluding hydrogens is 385 g/mol. The summed E-state index contributed by atoms with van der Waals surface area (Å²) < 4.78 is 21.4. The van der Waals surface area contributed by atoms with Gasteiger partial charge in [-0.2, -0.15) is 10.1 Å². The number of ether oxygens (including phenoxy) is 1. The molecule has 1 aliphatic heterocycles. The summed E-state index contributed by atoms with van der Waals surface area (Å²) in [5, 5.41) is 4.51. The van der Waals surface area contributed by atoms with E-state index in [4.69, 9.17) is 27.8 Å². The lowest BCUT2D eigenvalue weighted by molar-refractivity contribution is 0.0662. The number of hydrogen-bond acceptors (Lipinski definition) is 7. The number of nitrogens with two attached hydrogens (primary N) is 2. The minimum absolute atomic E-state index is 0.0272. The van der Waals surface area contributed by atoms with Gasteiger partial charge in [0.15, 0.2) is 5.82 Å². The number of anilines is 5. The zero-order valence-electron chi connectivity index (χ0n) is 14.9. The van der Waals surface area contributed by atoms with Crippen molar-refractivity contribution in [2.24, 2.45) is 0 Å². The molecule has 28 heavy (non-hydrogen) atoms. The molecule has 0 saturated carbocycles. The highest BCUT2D eigenvalue weighted by molar-refractivity contribution is 6.30. The van der Waals surface area contributed by atoms with Crippen LogP contribution in [0.3, 0.4) is 0 Å². The standard InChI is InChI=1S/C18H19ClFN7O/c19-14-2-1-12(7-15(14)20)27(18-23-9-16(21)17(22)25-18)13-8-24-26(10-13)11-3-5-28-6-4-11/h1-2,7-11H,3-6,21H2,(H2,22,23,25). The molecule has 0 unspecified atom stereocenters. The molecule has 0 atom stereocenters. The fraction of sp³-hybridized carbons (Fsp3) is 0.278. The highest BCUT2D eigenvalue weighted by atomic mass is 35.5. The molecule has 0 spiro atoms.